The topological polar surface area (TPSA) is 52.3 Å². The first-order chi connectivity index (χ1) is 9.15. The smallest absolute Gasteiger partial charge is 0.214 e. The molecule has 0 saturated heterocycles. The molecular weight excluding hydrogens is 278 g/mol. The van der Waals surface area contributed by atoms with E-state index in [0.717, 1.165) is 0 Å². The molecule has 0 aliphatic rings. The van der Waals surface area contributed by atoms with Gasteiger partial charge in [0.25, 0.3) is 0 Å². The van der Waals surface area contributed by atoms with Gasteiger partial charge in [-0.15, -0.1) is 0 Å². The maximum Gasteiger partial charge on any atom is 0.214 e. The summed E-state index contributed by atoms with van der Waals surface area (Å²) in [6.45, 7) is 26.6. The van der Waals surface area contributed by atoms with Gasteiger partial charge in [-0.05, 0) is 0 Å². The summed E-state index contributed by atoms with van der Waals surface area (Å²) in [5.74, 6) is -0.333. The summed E-state index contributed by atoms with van der Waals surface area (Å²) < 4.78 is 4.25. The highest BCUT2D eigenvalue weighted by Gasteiger charge is 1.99. The van der Waals surface area contributed by atoms with Crippen LogP contribution in [0.5, 0.6) is 0 Å². The van der Waals surface area contributed by atoms with E-state index in [-0.39, 0.29) is 13.3 Å². The van der Waals surface area contributed by atoms with Gasteiger partial charge in [0.05, 0.1) is 0 Å². The summed E-state index contributed by atoms with van der Waals surface area (Å²) in [5, 5.41) is 0. The fraction of sp³-hybridized carbons (Fsp3) is 0.941. The second-order valence-electron chi connectivity index (χ2n) is 4.02. The van der Waals surface area contributed by atoms with Crippen LogP contribution in [-0.2, 0) is 9.53 Å². The second-order valence-corrected chi connectivity index (χ2v) is 10.0. The average molecular weight is 330 g/mol. The Morgan fingerprint density at radius 2 is 0.762 bits per heavy atom. The first kappa shape index (κ1) is 49.8. The van der Waals surface area contributed by atoms with Gasteiger partial charge in [-0.1, -0.05) is 89.0 Å². The highest BCUT2D eigenvalue weighted by molar-refractivity contribution is 6.74. The third-order valence-electron chi connectivity index (χ3n) is 0. The van der Waals surface area contributed by atoms with E-state index in [9.17, 15) is 4.79 Å². The predicted molar refractivity (Wildman–Crippen MR) is 109 cm³/mol. The number of primary amides is 1. The van der Waals surface area contributed by atoms with Crippen molar-refractivity contribution >= 4 is 14.0 Å². The molecule has 0 saturated carbocycles. The van der Waals surface area contributed by atoms with Crippen LogP contribution in [0.4, 0.5) is 0 Å². The monoisotopic (exact) mass is 329 g/mol. The molecule has 4 heteroatoms. The van der Waals surface area contributed by atoms with Crippen LogP contribution >= 0.6 is 0 Å². The standard InChI is InChI=1S/C4H12Si.C2H5NO.C2H6O.4C2H6.CH4/c1-5(2,3)4;1-2(3)4;1-3-2;4*1-2;/h1-4H3;1H3,(H2,3,4);1-2H3;4*1-2H3;1H4. The number of nitrogens with two attached hydrogens (primary N) is 1. The summed E-state index contributed by atoms with van der Waals surface area (Å²) in [7, 11) is 2.64. The molecule has 2 N–H and O–H groups in total. The van der Waals surface area contributed by atoms with Gasteiger partial charge in [0, 0.05) is 29.2 Å². The van der Waals surface area contributed by atoms with E-state index in [4.69, 9.17) is 0 Å². The van der Waals surface area contributed by atoms with Crippen LogP contribution in [0.15, 0.2) is 0 Å². The third kappa shape index (κ3) is 49100. The minimum Gasteiger partial charge on any atom is -0.388 e. The Bertz CT molecular complexity index is 93.5. The van der Waals surface area contributed by atoms with Gasteiger partial charge in [-0.3, -0.25) is 4.79 Å². The molecule has 3 nitrogen and oxygen atoms in total. The van der Waals surface area contributed by atoms with Crippen LogP contribution in [-0.4, -0.2) is 28.2 Å². The first-order valence-corrected chi connectivity index (χ1v) is 11.8. The van der Waals surface area contributed by atoms with E-state index >= 15 is 0 Å². The number of carbonyl (C=O) groups excluding carboxylic acids is 1. The Balaban J connectivity index is -0.0000000162. The van der Waals surface area contributed by atoms with Crippen molar-refractivity contribution in [3.63, 3.8) is 0 Å². The minimum atomic E-state index is -0.611. The van der Waals surface area contributed by atoms with E-state index < -0.39 is 8.07 Å². The summed E-state index contributed by atoms with van der Waals surface area (Å²) >= 11 is 0. The lowest BCUT2D eigenvalue weighted by Gasteiger charge is -2.01. The molecule has 0 atom stereocenters. The van der Waals surface area contributed by atoms with Gasteiger partial charge in [0.1, 0.15) is 0 Å². The molecule has 21 heavy (non-hydrogen) atoms. The van der Waals surface area contributed by atoms with Crippen LogP contribution in [0.2, 0.25) is 26.2 Å². The molecule has 0 aromatic rings. The van der Waals surface area contributed by atoms with E-state index in [1.54, 1.807) is 14.2 Å². The molecule has 0 heterocycles. The van der Waals surface area contributed by atoms with Crippen molar-refractivity contribution in [2.24, 2.45) is 5.73 Å². The summed E-state index contributed by atoms with van der Waals surface area (Å²) in [4.78, 5) is 9.22. The molecule has 0 rings (SSSR count). The van der Waals surface area contributed by atoms with Gasteiger partial charge >= 0.3 is 0 Å². The summed E-state index contributed by atoms with van der Waals surface area (Å²) in [6, 6.07) is 0. The van der Waals surface area contributed by atoms with Gasteiger partial charge in [-0.25, -0.2) is 0 Å². The Morgan fingerprint density at radius 3 is 0.762 bits per heavy atom. The van der Waals surface area contributed by atoms with Gasteiger partial charge in [0.15, 0.2) is 0 Å². The number of carbonyl (C=O) groups is 1. The molecule has 0 fully saturated rings. The normalized spacial score (nSPS) is 6.05. The van der Waals surface area contributed by atoms with Crippen LogP contribution in [0.1, 0.15) is 69.7 Å². The second kappa shape index (κ2) is 73.4. The van der Waals surface area contributed by atoms with Crippen molar-refractivity contribution < 1.29 is 9.53 Å². The van der Waals surface area contributed by atoms with Crippen LogP contribution in [0.3, 0.4) is 0 Å². The molecule has 0 aromatic carbocycles. The molecule has 0 spiro atoms. The van der Waals surface area contributed by atoms with Crippen molar-refractivity contribution in [3.05, 3.63) is 0 Å². The van der Waals surface area contributed by atoms with Crippen LogP contribution < -0.4 is 5.73 Å². The largest absolute Gasteiger partial charge is 0.388 e. The molecule has 0 aliphatic carbocycles. The fourth-order valence-electron chi connectivity index (χ4n) is 0. The zero-order valence-corrected chi connectivity index (χ0v) is 18.4. The molecular formula is C17H51NO2Si. The molecule has 0 bridgehead atoms. The van der Waals surface area contributed by atoms with Crippen LogP contribution in [0, 0.1) is 0 Å². The highest BCUT2D eigenvalue weighted by Crippen LogP contribution is 1.94. The number of ether oxygens (including phenoxy) is 1. The van der Waals surface area contributed by atoms with Crippen molar-refractivity contribution in [2.45, 2.75) is 95.9 Å². The molecule has 0 unspecified atom stereocenters. The Labute approximate surface area is 140 Å². The van der Waals surface area contributed by atoms with Crippen molar-refractivity contribution in [1.29, 1.82) is 0 Å². The number of methoxy groups -OCH3 is 1. The van der Waals surface area contributed by atoms with E-state index in [1.165, 1.54) is 6.92 Å². The summed E-state index contributed by atoms with van der Waals surface area (Å²) in [5.41, 5.74) is 4.47. The zero-order valence-electron chi connectivity index (χ0n) is 17.4. The summed E-state index contributed by atoms with van der Waals surface area (Å²) in [6.07, 6.45) is 0. The number of hydrogen-bond acceptors (Lipinski definition) is 2. The molecule has 140 valence electrons. The maximum atomic E-state index is 9.22. The first-order valence-electron chi connectivity index (χ1n) is 7.81. The zero-order chi connectivity index (χ0) is 18.8. The predicted octanol–water partition coefficient (Wildman–Crippen LogP) is 6.45. The lowest BCUT2D eigenvalue weighted by Crippen LogP contribution is -2.10. The van der Waals surface area contributed by atoms with Gasteiger partial charge < -0.3 is 10.5 Å². The van der Waals surface area contributed by atoms with E-state index in [1.807, 2.05) is 55.4 Å². The maximum absolute atomic E-state index is 9.22. The van der Waals surface area contributed by atoms with Crippen molar-refractivity contribution in [1.82, 2.24) is 0 Å². The van der Waals surface area contributed by atoms with Gasteiger partial charge in [0.2, 0.25) is 5.91 Å². The highest BCUT2D eigenvalue weighted by atomic mass is 28.3. The minimum absolute atomic E-state index is 0. The van der Waals surface area contributed by atoms with Crippen molar-refractivity contribution in [2.75, 3.05) is 14.2 Å². The number of hydrogen-bond donors (Lipinski definition) is 1. The Hall–Kier alpha value is -0.353. The third-order valence-corrected chi connectivity index (χ3v) is 0. The SMILES string of the molecule is C.CC.CC.CC.CC.CC(N)=O.COC.C[Si](C)(C)C. The Morgan fingerprint density at radius 1 is 0.762 bits per heavy atom. The quantitative estimate of drug-likeness (QED) is 0.519. The van der Waals surface area contributed by atoms with Gasteiger partial charge in [-0.2, -0.15) is 0 Å². The molecule has 0 aromatic heterocycles. The Kier molecular flexibility index (Phi) is 174. The van der Waals surface area contributed by atoms with Crippen LogP contribution in [0.25, 0.3) is 0 Å². The fourth-order valence-corrected chi connectivity index (χ4v) is 0. The number of rotatable bonds is 0. The molecule has 1 amide bonds. The van der Waals surface area contributed by atoms with E-state index in [0.29, 0.717) is 0 Å². The lowest BCUT2D eigenvalue weighted by atomic mass is 10.8. The van der Waals surface area contributed by atoms with E-state index in [2.05, 4.69) is 36.7 Å². The number of amides is 1. The lowest BCUT2D eigenvalue weighted by molar-refractivity contribution is -0.115. The molecule has 0 radical (unpaired) electrons. The van der Waals surface area contributed by atoms with Crippen molar-refractivity contribution in [3.8, 4) is 0 Å². The molecule has 0 aliphatic heterocycles. The average Bonchev–Trinajstić information content (AvgIpc) is 2.37.